The molecule has 2 aromatic carbocycles. The van der Waals surface area contributed by atoms with Gasteiger partial charge in [-0.05, 0) is 63.4 Å². The Hall–Kier alpha value is -6.71. The zero-order valence-corrected chi connectivity index (χ0v) is 35.8. The standard InChI is InChI=1S/C47H48N13OS/c1-33-48-27-44(62-33)36-18-37(47-51-23-39(24-52-47)41-26-54-59(30-41)32-45(61)57-13-6-7-14-57)20-43(19-36)60-31-42(28-55(60)2)34-9-8-10-35(17-34)46-49-21-38(22-50-46)40-25-53-58(29-40)16-15-56-11-4-3-5-12-56/h8-10,17-31H,3-7,11-16,32H2,1-2H3/q+1. The number of carbonyl (C=O) groups excluding carboxylic acids is 1. The maximum Gasteiger partial charge on any atom is 0.244 e. The first-order valence-electron chi connectivity index (χ1n) is 21.4. The summed E-state index contributed by atoms with van der Waals surface area (Å²) in [5.41, 5.74) is 9.57. The Kier molecular flexibility index (Phi) is 11.0. The molecule has 62 heavy (non-hydrogen) atoms. The molecule has 14 nitrogen and oxygen atoms in total. The highest BCUT2D eigenvalue weighted by molar-refractivity contribution is 7.15. The van der Waals surface area contributed by atoms with E-state index in [-0.39, 0.29) is 12.5 Å². The summed E-state index contributed by atoms with van der Waals surface area (Å²) in [6.07, 6.45) is 27.3. The third-order valence-electron chi connectivity index (χ3n) is 11.8. The highest BCUT2D eigenvalue weighted by Gasteiger charge is 2.22. The van der Waals surface area contributed by atoms with E-state index in [0.717, 1.165) is 105 Å². The first-order valence-corrected chi connectivity index (χ1v) is 22.2. The molecule has 2 saturated heterocycles. The van der Waals surface area contributed by atoms with Gasteiger partial charge in [0.15, 0.2) is 11.6 Å². The number of aryl methyl sites for hydroxylation is 2. The highest BCUT2D eigenvalue weighted by atomic mass is 32.1. The molecule has 15 heteroatoms. The number of likely N-dealkylation sites (tertiary alicyclic amines) is 2. The van der Waals surface area contributed by atoms with Crippen LogP contribution in [0.3, 0.4) is 0 Å². The fraction of sp³-hybridized carbons (Fsp3) is 0.298. The number of piperidine rings is 1. The molecule has 2 aliphatic heterocycles. The number of carbonyl (C=O) groups is 1. The number of amides is 1. The number of hydrogen-bond donors (Lipinski definition) is 0. The Labute approximate surface area is 364 Å². The van der Waals surface area contributed by atoms with Gasteiger partial charge in [-0.15, -0.1) is 11.3 Å². The molecule has 0 spiro atoms. The molecule has 0 unspecified atom stereocenters. The van der Waals surface area contributed by atoms with E-state index in [1.165, 1.54) is 32.4 Å². The Bertz CT molecular complexity index is 2830. The molecule has 312 valence electrons. The van der Waals surface area contributed by atoms with Crippen molar-refractivity contribution in [3.8, 4) is 72.3 Å². The number of nitrogens with zero attached hydrogens (tertiary/aromatic N) is 13. The molecule has 10 rings (SSSR count). The first-order chi connectivity index (χ1) is 30.4. The number of rotatable bonds is 12. The molecule has 2 fully saturated rings. The van der Waals surface area contributed by atoms with Crippen LogP contribution < -0.4 is 4.68 Å². The molecule has 0 saturated carbocycles. The number of hydrogen-bond acceptors (Lipinski definition) is 10. The van der Waals surface area contributed by atoms with Crippen LogP contribution in [0, 0.1) is 6.92 Å². The molecule has 8 aromatic rings. The van der Waals surface area contributed by atoms with Crippen LogP contribution in [-0.4, -0.2) is 97.6 Å². The molecule has 1 amide bonds. The van der Waals surface area contributed by atoms with E-state index in [9.17, 15) is 4.79 Å². The van der Waals surface area contributed by atoms with Crippen LogP contribution in [-0.2, 0) is 24.9 Å². The minimum absolute atomic E-state index is 0.0989. The molecule has 8 heterocycles. The summed E-state index contributed by atoms with van der Waals surface area (Å²) in [7, 11) is 2.04. The third kappa shape index (κ3) is 8.58. The predicted octanol–water partition coefficient (Wildman–Crippen LogP) is 7.15. The summed E-state index contributed by atoms with van der Waals surface area (Å²) in [6, 6.07) is 14.8. The second-order valence-corrected chi connectivity index (χ2v) is 17.5. The van der Waals surface area contributed by atoms with E-state index < -0.39 is 0 Å². The van der Waals surface area contributed by atoms with Gasteiger partial charge in [-0.25, -0.2) is 24.9 Å². The van der Waals surface area contributed by atoms with E-state index in [0.29, 0.717) is 11.6 Å². The number of benzene rings is 2. The Balaban J connectivity index is 0.880. The van der Waals surface area contributed by atoms with Crippen molar-refractivity contribution in [1.82, 2.24) is 59.0 Å². The summed E-state index contributed by atoms with van der Waals surface area (Å²) < 4.78 is 7.93. The summed E-state index contributed by atoms with van der Waals surface area (Å²) in [6.45, 7) is 8.17. The average molecular weight is 843 g/mol. The monoisotopic (exact) mass is 842 g/mol. The minimum atomic E-state index is 0.0989. The second-order valence-electron chi connectivity index (χ2n) is 16.2. The van der Waals surface area contributed by atoms with E-state index >= 15 is 0 Å². The van der Waals surface area contributed by atoms with E-state index in [1.54, 1.807) is 22.2 Å². The Morgan fingerprint density at radius 2 is 1.24 bits per heavy atom. The predicted molar refractivity (Wildman–Crippen MR) is 239 cm³/mol. The summed E-state index contributed by atoms with van der Waals surface area (Å²) in [5.74, 6) is 1.37. The summed E-state index contributed by atoms with van der Waals surface area (Å²) >= 11 is 1.65. The minimum Gasteiger partial charge on any atom is -0.341 e. The van der Waals surface area contributed by atoms with Crippen molar-refractivity contribution in [2.45, 2.75) is 52.1 Å². The van der Waals surface area contributed by atoms with Gasteiger partial charge in [-0.2, -0.15) is 14.9 Å². The summed E-state index contributed by atoms with van der Waals surface area (Å²) in [4.78, 5) is 42.0. The van der Waals surface area contributed by atoms with Gasteiger partial charge in [0.05, 0.1) is 47.6 Å². The van der Waals surface area contributed by atoms with Crippen molar-refractivity contribution in [1.29, 1.82) is 0 Å². The second kappa shape index (κ2) is 17.3. The molecular weight excluding hydrogens is 795 g/mol. The van der Waals surface area contributed by atoms with Crippen molar-refractivity contribution in [3.05, 3.63) is 116 Å². The van der Waals surface area contributed by atoms with Gasteiger partial charge in [0.2, 0.25) is 17.8 Å². The van der Waals surface area contributed by atoms with Crippen LogP contribution in [0.4, 0.5) is 0 Å². The van der Waals surface area contributed by atoms with Crippen LogP contribution in [0.2, 0.25) is 0 Å². The van der Waals surface area contributed by atoms with Gasteiger partial charge in [0, 0.05) is 114 Å². The van der Waals surface area contributed by atoms with Crippen LogP contribution in [0.15, 0.2) is 111 Å². The maximum atomic E-state index is 12.7. The third-order valence-corrected chi connectivity index (χ3v) is 12.8. The molecule has 0 atom stereocenters. The molecular formula is C47H48N13OS+. The lowest BCUT2D eigenvalue weighted by molar-refractivity contribution is -0.682. The van der Waals surface area contributed by atoms with Gasteiger partial charge in [0.25, 0.3) is 0 Å². The molecule has 0 aliphatic carbocycles. The number of aromatic nitrogens is 11. The van der Waals surface area contributed by atoms with Crippen molar-refractivity contribution in [2.75, 3.05) is 32.7 Å². The van der Waals surface area contributed by atoms with Gasteiger partial charge in [-0.3, -0.25) is 14.2 Å². The SMILES string of the molecule is Cc1ncc(-c2cc(-c3ncc(-c4cnn(CC(=O)N5CCCC5)c4)cn3)cc(-[n+]3cc(-c4cccc(-c5ncc(-c6cnn(CCN7CCCCC7)c6)cn5)c4)cn3C)c2)s1. The lowest BCUT2D eigenvalue weighted by Crippen LogP contribution is -2.38. The fourth-order valence-electron chi connectivity index (χ4n) is 8.39. The van der Waals surface area contributed by atoms with E-state index in [1.807, 2.05) is 66.9 Å². The van der Waals surface area contributed by atoms with Crippen LogP contribution in [0.5, 0.6) is 0 Å². The average Bonchev–Trinajstić information content (AvgIpc) is 4.18. The van der Waals surface area contributed by atoms with Crippen LogP contribution >= 0.6 is 11.3 Å². The lowest BCUT2D eigenvalue weighted by atomic mass is 10.1. The maximum absolute atomic E-state index is 12.7. The zero-order valence-electron chi connectivity index (χ0n) is 35.0. The van der Waals surface area contributed by atoms with Gasteiger partial charge in [0.1, 0.15) is 6.54 Å². The normalized spacial score (nSPS) is 14.5. The topological polar surface area (TPSA) is 132 Å². The molecule has 0 N–H and O–H groups in total. The Morgan fingerprint density at radius 3 is 1.95 bits per heavy atom. The lowest BCUT2D eigenvalue weighted by Gasteiger charge is -2.26. The first kappa shape index (κ1) is 39.4. The van der Waals surface area contributed by atoms with E-state index in [4.69, 9.17) is 19.9 Å². The van der Waals surface area contributed by atoms with Gasteiger partial charge >= 0.3 is 0 Å². The molecule has 6 aromatic heterocycles. The van der Waals surface area contributed by atoms with E-state index in [2.05, 4.69) is 90.5 Å². The van der Waals surface area contributed by atoms with Crippen LogP contribution in [0.25, 0.3) is 72.3 Å². The fourth-order valence-corrected chi connectivity index (χ4v) is 9.16. The molecule has 0 bridgehead atoms. The highest BCUT2D eigenvalue weighted by Crippen LogP contribution is 2.32. The van der Waals surface area contributed by atoms with Crippen molar-refractivity contribution < 1.29 is 9.48 Å². The molecule has 2 aliphatic rings. The van der Waals surface area contributed by atoms with Crippen molar-refractivity contribution in [3.63, 3.8) is 0 Å². The van der Waals surface area contributed by atoms with Crippen LogP contribution in [0.1, 0.15) is 37.1 Å². The molecule has 0 radical (unpaired) electrons. The zero-order chi connectivity index (χ0) is 42.0. The van der Waals surface area contributed by atoms with Crippen molar-refractivity contribution >= 4 is 17.2 Å². The largest absolute Gasteiger partial charge is 0.341 e. The summed E-state index contributed by atoms with van der Waals surface area (Å²) in [5, 5.41) is 10.1. The Morgan fingerprint density at radius 1 is 0.613 bits per heavy atom. The smallest absolute Gasteiger partial charge is 0.244 e. The number of thiazole rings is 1. The van der Waals surface area contributed by atoms with Crippen molar-refractivity contribution in [2.24, 2.45) is 7.05 Å². The van der Waals surface area contributed by atoms with Gasteiger partial charge < -0.3 is 9.80 Å². The van der Waals surface area contributed by atoms with Gasteiger partial charge in [-0.1, -0.05) is 29.3 Å². The quantitative estimate of drug-likeness (QED) is 0.118.